The normalized spacial score (nSPS) is 28.4. The van der Waals surface area contributed by atoms with Crippen LogP contribution in [0.1, 0.15) is 25.0 Å². The zero-order chi connectivity index (χ0) is 11.0. The fourth-order valence-electron chi connectivity index (χ4n) is 3.05. The van der Waals surface area contributed by atoms with Gasteiger partial charge in [-0.15, -0.1) is 0 Å². The standard InChI is InChI=1S/C12H18N4/c13-6-11-4-5-14-12(15-11)16-7-9-2-1-3-10(9)8-16/h4-5,9-10H,1-3,6-8,13H2. The Hall–Kier alpha value is -1.16. The van der Waals surface area contributed by atoms with Crippen molar-refractivity contribution in [3.05, 3.63) is 18.0 Å². The molecule has 2 aliphatic rings. The first-order valence-corrected chi connectivity index (χ1v) is 6.14. The van der Waals surface area contributed by atoms with E-state index < -0.39 is 0 Å². The third-order valence-corrected chi connectivity index (χ3v) is 3.92. The molecule has 0 aromatic carbocycles. The van der Waals surface area contributed by atoms with Gasteiger partial charge >= 0.3 is 0 Å². The van der Waals surface area contributed by atoms with Crippen molar-refractivity contribution < 1.29 is 0 Å². The van der Waals surface area contributed by atoms with Gasteiger partial charge in [0.25, 0.3) is 0 Å². The van der Waals surface area contributed by atoms with Crippen LogP contribution in [0.15, 0.2) is 12.3 Å². The third-order valence-electron chi connectivity index (χ3n) is 3.92. The van der Waals surface area contributed by atoms with E-state index in [1.807, 2.05) is 12.3 Å². The number of hydrogen-bond acceptors (Lipinski definition) is 4. The summed E-state index contributed by atoms with van der Waals surface area (Å²) >= 11 is 0. The van der Waals surface area contributed by atoms with E-state index in [9.17, 15) is 0 Å². The average Bonchev–Trinajstić information content (AvgIpc) is 2.89. The molecule has 2 fully saturated rings. The molecule has 3 rings (SSSR count). The number of nitrogens with zero attached hydrogens (tertiary/aromatic N) is 3. The van der Waals surface area contributed by atoms with Gasteiger partial charge in [0.2, 0.25) is 5.95 Å². The zero-order valence-electron chi connectivity index (χ0n) is 9.47. The highest BCUT2D eigenvalue weighted by Gasteiger charge is 2.36. The molecule has 2 N–H and O–H groups in total. The van der Waals surface area contributed by atoms with Crippen molar-refractivity contribution in [2.75, 3.05) is 18.0 Å². The molecule has 0 radical (unpaired) electrons. The topological polar surface area (TPSA) is 55.0 Å². The van der Waals surface area contributed by atoms with E-state index in [1.54, 1.807) is 0 Å². The highest BCUT2D eigenvalue weighted by molar-refractivity contribution is 5.33. The molecule has 86 valence electrons. The smallest absolute Gasteiger partial charge is 0.225 e. The third kappa shape index (κ3) is 1.67. The molecule has 2 unspecified atom stereocenters. The lowest BCUT2D eigenvalue weighted by Gasteiger charge is -2.17. The molecule has 0 amide bonds. The molecule has 4 heteroatoms. The van der Waals surface area contributed by atoms with Crippen LogP contribution in [0.5, 0.6) is 0 Å². The summed E-state index contributed by atoms with van der Waals surface area (Å²) in [6, 6.07) is 1.89. The second-order valence-corrected chi connectivity index (χ2v) is 4.91. The van der Waals surface area contributed by atoms with Gasteiger partial charge in [-0.25, -0.2) is 9.97 Å². The van der Waals surface area contributed by atoms with Gasteiger partial charge in [0.05, 0.1) is 5.69 Å². The summed E-state index contributed by atoms with van der Waals surface area (Å²) < 4.78 is 0. The first kappa shape index (κ1) is 10.0. The Morgan fingerprint density at radius 1 is 1.31 bits per heavy atom. The highest BCUT2D eigenvalue weighted by Crippen LogP contribution is 2.38. The van der Waals surface area contributed by atoms with Gasteiger partial charge in [0, 0.05) is 25.8 Å². The van der Waals surface area contributed by atoms with Crippen LogP contribution >= 0.6 is 0 Å². The molecule has 4 nitrogen and oxygen atoms in total. The highest BCUT2D eigenvalue weighted by atomic mass is 15.3. The van der Waals surface area contributed by atoms with Crippen LogP contribution in [0.2, 0.25) is 0 Å². The second kappa shape index (κ2) is 4.01. The average molecular weight is 218 g/mol. The Morgan fingerprint density at radius 2 is 2.06 bits per heavy atom. The molecule has 1 aliphatic carbocycles. The van der Waals surface area contributed by atoms with E-state index in [0.29, 0.717) is 6.54 Å². The molecule has 1 saturated carbocycles. The summed E-state index contributed by atoms with van der Waals surface area (Å²) in [4.78, 5) is 11.2. The maximum absolute atomic E-state index is 5.60. The van der Waals surface area contributed by atoms with Crippen molar-refractivity contribution in [3.63, 3.8) is 0 Å². The lowest BCUT2D eigenvalue weighted by Crippen LogP contribution is -2.23. The minimum Gasteiger partial charge on any atom is -0.340 e. The number of rotatable bonds is 2. The Morgan fingerprint density at radius 3 is 2.75 bits per heavy atom. The Bertz CT molecular complexity index is 367. The predicted octanol–water partition coefficient (Wildman–Crippen LogP) is 1.17. The second-order valence-electron chi connectivity index (χ2n) is 4.91. The van der Waals surface area contributed by atoms with E-state index >= 15 is 0 Å². The monoisotopic (exact) mass is 218 g/mol. The summed E-state index contributed by atoms with van der Waals surface area (Å²) in [5, 5.41) is 0. The predicted molar refractivity (Wildman–Crippen MR) is 63.0 cm³/mol. The van der Waals surface area contributed by atoms with Crippen LogP contribution in [0, 0.1) is 11.8 Å². The van der Waals surface area contributed by atoms with E-state index in [2.05, 4.69) is 14.9 Å². The van der Waals surface area contributed by atoms with Crippen molar-refractivity contribution in [1.29, 1.82) is 0 Å². The van der Waals surface area contributed by atoms with Crippen molar-refractivity contribution >= 4 is 5.95 Å². The van der Waals surface area contributed by atoms with Crippen molar-refractivity contribution in [1.82, 2.24) is 9.97 Å². The molecule has 0 spiro atoms. The van der Waals surface area contributed by atoms with Crippen molar-refractivity contribution in [2.24, 2.45) is 17.6 Å². The zero-order valence-corrected chi connectivity index (χ0v) is 9.47. The molecule has 1 saturated heterocycles. The van der Waals surface area contributed by atoms with Crippen LogP contribution < -0.4 is 10.6 Å². The molecule has 1 aromatic heterocycles. The maximum atomic E-state index is 5.60. The minimum atomic E-state index is 0.496. The molecule has 2 atom stereocenters. The minimum absolute atomic E-state index is 0.496. The van der Waals surface area contributed by atoms with Gasteiger partial charge in [0.1, 0.15) is 0 Å². The number of nitrogens with two attached hydrogens (primary N) is 1. The van der Waals surface area contributed by atoms with Gasteiger partial charge < -0.3 is 10.6 Å². The summed E-state index contributed by atoms with van der Waals surface area (Å²) in [6.45, 7) is 2.77. The molecule has 16 heavy (non-hydrogen) atoms. The molecule has 0 bridgehead atoms. The first-order valence-electron chi connectivity index (χ1n) is 6.14. The Balaban J connectivity index is 1.78. The van der Waals surface area contributed by atoms with Gasteiger partial charge in [-0.2, -0.15) is 0 Å². The molecule has 1 aliphatic heterocycles. The fraction of sp³-hybridized carbons (Fsp3) is 0.667. The molecular formula is C12H18N4. The Kier molecular flexibility index (Phi) is 2.52. The van der Waals surface area contributed by atoms with Crippen LogP contribution in [0.25, 0.3) is 0 Å². The van der Waals surface area contributed by atoms with E-state index in [1.165, 1.54) is 19.3 Å². The van der Waals surface area contributed by atoms with Crippen LogP contribution in [-0.2, 0) is 6.54 Å². The first-order chi connectivity index (χ1) is 7.86. The van der Waals surface area contributed by atoms with Crippen molar-refractivity contribution in [2.45, 2.75) is 25.8 Å². The van der Waals surface area contributed by atoms with Gasteiger partial charge in [-0.3, -0.25) is 0 Å². The summed E-state index contributed by atoms with van der Waals surface area (Å²) in [5.41, 5.74) is 6.53. The summed E-state index contributed by atoms with van der Waals surface area (Å²) in [6.07, 6.45) is 6.00. The van der Waals surface area contributed by atoms with Crippen molar-refractivity contribution in [3.8, 4) is 0 Å². The molecular weight excluding hydrogens is 200 g/mol. The quantitative estimate of drug-likeness (QED) is 0.809. The van der Waals surface area contributed by atoms with Crippen LogP contribution in [0.4, 0.5) is 5.95 Å². The number of aromatic nitrogens is 2. The molecule has 2 heterocycles. The van der Waals surface area contributed by atoms with E-state index in [4.69, 9.17) is 5.73 Å². The van der Waals surface area contributed by atoms with Gasteiger partial charge in [0.15, 0.2) is 0 Å². The lowest BCUT2D eigenvalue weighted by molar-refractivity contribution is 0.494. The van der Waals surface area contributed by atoms with E-state index in [-0.39, 0.29) is 0 Å². The number of hydrogen-bond donors (Lipinski definition) is 1. The largest absolute Gasteiger partial charge is 0.340 e. The Labute approximate surface area is 95.9 Å². The maximum Gasteiger partial charge on any atom is 0.225 e. The summed E-state index contributed by atoms with van der Waals surface area (Å²) in [7, 11) is 0. The number of fused-ring (bicyclic) bond motifs is 1. The molecule has 1 aromatic rings. The lowest BCUT2D eigenvalue weighted by atomic mass is 10.0. The summed E-state index contributed by atoms with van der Waals surface area (Å²) in [5.74, 6) is 2.63. The van der Waals surface area contributed by atoms with Crippen LogP contribution in [-0.4, -0.2) is 23.1 Å². The fourth-order valence-corrected chi connectivity index (χ4v) is 3.05. The van der Waals surface area contributed by atoms with E-state index in [0.717, 1.165) is 36.6 Å². The SMILES string of the molecule is NCc1ccnc(N2CC3CCCC3C2)n1. The van der Waals surface area contributed by atoms with Gasteiger partial charge in [-0.1, -0.05) is 6.42 Å². The van der Waals surface area contributed by atoms with Crippen LogP contribution in [0.3, 0.4) is 0 Å². The van der Waals surface area contributed by atoms with Gasteiger partial charge in [-0.05, 0) is 30.7 Å². The number of anilines is 1.